The summed E-state index contributed by atoms with van der Waals surface area (Å²) < 4.78 is 12.0. The first-order valence-electron chi connectivity index (χ1n) is 10.9. The minimum absolute atomic E-state index is 0.113. The lowest BCUT2D eigenvalue weighted by Gasteiger charge is -2.38. The summed E-state index contributed by atoms with van der Waals surface area (Å²) in [5.74, 6) is 1.21. The lowest BCUT2D eigenvalue weighted by molar-refractivity contribution is 0.143. The van der Waals surface area contributed by atoms with Gasteiger partial charge in [0, 0.05) is 4.47 Å². The molecule has 166 valence electrons. The van der Waals surface area contributed by atoms with Gasteiger partial charge in [-0.2, -0.15) is 0 Å². The molecule has 3 aromatic carbocycles. The van der Waals surface area contributed by atoms with E-state index in [1.165, 1.54) is 11.1 Å². The Hall–Kier alpha value is -2.79. The van der Waals surface area contributed by atoms with E-state index in [4.69, 9.17) is 9.47 Å². The predicted octanol–water partition coefficient (Wildman–Crippen LogP) is 7.41. The van der Waals surface area contributed by atoms with E-state index in [0.717, 1.165) is 39.9 Å². The number of ether oxygens (including phenoxy) is 2. The molecule has 1 heterocycles. The van der Waals surface area contributed by atoms with Gasteiger partial charge in [0.25, 0.3) is 0 Å². The number of aryl methyl sites for hydroxylation is 1. The summed E-state index contributed by atoms with van der Waals surface area (Å²) in [6.45, 7) is 4.61. The Morgan fingerprint density at radius 2 is 1.81 bits per heavy atom. The van der Waals surface area contributed by atoms with Crippen LogP contribution in [0.25, 0.3) is 0 Å². The van der Waals surface area contributed by atoms with E-state index < -0.39 is 0 Å². The van der Waals surface area contributed by atoms with E-state index in [0.29, 0.717) is 5.92 Å². The number of carbonyl (C=O) groups is 1. The van der Waals surface area contributed by atoms with Gasteiger partial charge in [-0.1, -0.05) is 62.4 Å². The van der Waals surface area contributed by atoms with Crippen LogP contribution < -0.4 is 9.64 Å². The third kappa shape index (κ3) is 4.68. The number of nitrogens with zero attached hydrogens (tertiary/aromatic N) is 1. The highest BCUT2D eigenvalue weighted by Crippen LogP contribution is 2.44. The fraction of sp³-hybridized carbons (Fsp3) is 0.296. The van der Waals surface area contributed by atoms with Crippen molar-refractivity contribution in [3.8, 4) is 5.75 Å². The summed E-state index contributed by atoms with van der Waals surface area (Å²) in [5, 5.41) is 0. The van der Waals surface area contributed by atoms with Crippen molar-refractivity contribution < 1.29 is 14.3 Å². The molecule has 0 bridgehead atoms. The van der Waals surface area contributed by atoms with Crippen molar-refractivity contribution in [2.45, 2.75) is 45.3 Å². The van der Waals surface area contributed by atoms with Gasteiger partial charge in [0.15, 0.2) is 0 Å². The van der Waals surface area contributed by atoms with Crippen LogP contribution in [-0.4, -0.2) is 13.2 Å². The van der Waals surface area contributed by atoms with Crippen molar-refractivity contribution in [1.82, 2.24) is 0 Å². The number of fused-ring (bicyclic) bond motifs is 1. The number of halogens is 1. The van der Waals surface area contributed by atoms with Gasteiger partial charge in [0.1, 0.15) is 12.4 Å². The summed E-state index contributed by atoms with van der Waals surface area (Å²) in [5.41, 5.74) is 5.36. The summed E-state index contributed by atoms with van der Waals surface area (Å²) in [6.07, 6.45) is 1.38. The highest BCUT2D eigenvalue weighted by Gasteiger charge is 2.35. The molecule has 0 N–H and O–H groups in total. The van der Waals surface area contributed by atoms with Crippen LogP contribution >= 0.6 is 15.9 Å². The van der Waals surface area contributed by atoms with Crippen molar-refractivity contribution in [1.29, 1.82) is 0 Å². The Bertz CT molecular complexity index is 1080. The van der Waals surface area contributed by atoms with E-state index in [1.807, 2.05) is 59.5 Å². The maximum absolute atomic E-state index is 13.5. The smallest absolute Gasteiger partial charge is 0.415 e. The highest BCUT2D eigenvalue weighted by atomic mass is 79.9. The largest absolute Gasteiger partial charge is 0.497 e. The number of hydrogen-bond acceptors (Lipinski definition) is 3. The van der Waals surface area contributed by atoms with Crippen LogP contribution in [0.3, 0.4) is 0 Å². The standard InChI is InChI=1S/C27H28BrNO3/c1-18(2)22-15-21-11-14-25(20-9-12-23(31-3)13-10-20)29(26(21)24(28)16-22)27(30)32-17-19-7-5-4-6-8-19/h4-10,12-13,15-16,18,25H,11,14,17H2,1-3H3. The molecule has 0 fully saturated rings. The molecule has 0 radical (unpaired) electrons. The second kappa shape index (κ2) is 9.78. The normalized spacial score (nSPS) is 15.4. The quantitative estimate of drug-likeness (QED) is 0.371. The van der Waals surface area contributed by atoms with E-state index in [1.54, 1.807) is 7.11 Å². The molecule has 0 aromatic heterocycles. The SMILES string of the molecule is COc1ccc(C2CCc3cc(C(C)C)cc(Br)c3N2C(=O)OCc2ccccc2)cc1. The van der Waals surface area contributed by atoms with Crippen molar-refractivity contribution in [3.05, 3.63) is 93.5 Å². The van der Waals surface area contributed by atoms with Crippen molar-refractivity contribution in [2.24, 2.45) is 0 Å². The molecule has 1 unspecified atom stereocenters. The van der Waals surface area contributed by atoms with Gasteiger partial charge in [-0.3, -0.25) is 4.90 Å². The predicted molar refractivity (Wildman–Crippen MR) is 131 cm³/mol. The van der Waals surface area contributed by atoms with E-state index in [-0.39, 0.29) is 18.7 Å². The first-order chi connectivity index (χ1) is 15.5. The van der Waals surface area contributed by atoms with Crippen molar-refractivity contribution in [3.63, 3.8) is 0 Å². The first-order valence-corrected chi connectivity index (χ1v) is 11.7. The number of anilines is 1. The third-order valence-electron chi connectivity index (χ3n) is 5.97. The molecule has 32 heavy (non-hydrogen) atoms. The van der Waals surface area contributed by atoms with E-state index >= 15 is 0 Å². The van der Waals surface area contributed by atoms with E-state index in [2.05, 4.69) is 41.9 Å². The molecular weight excluding hydrogens is 466 g/mol. The zero-order valence-corrected chi connectivity index (χ0v) is 20.3. The Labute approximate surface area is 198 Å². The molecule has 5 heteroatoms. The van der Waals surface area contributed by atoms with Crippen molar-refractivity contribution in [2.75, 3.05) is 12.0 Å². The zero-order chi connectivity index (χ0) is 22.7. The van der Waals surface area contributed by atoms with Gasteiger partial charge in [-0.05, 0) is 75.1 Å². The number of benzene rings is 3. The molecule has 3 aromatic rings. The second-order valence-corrected chi connectivity index (χ2v) is 9.26. The summed E-state index contributed by atoms with van der Waals surface area (Å²) in [4.78, 5) is 15.3. The second-order valence-electron chi connectivity index (χ2n) is 8.40. The monoisotopic (exact) mass is 493 g/mol. The molecule has 4 nitrogen and oxygen atoms in total. The van der Waals surface area contributed by atoms with Crippen LogP contribution in [0.4, 0.5) is 10.5 Å². The molecule has 1 amide bonds. The maximum Gasteiger partial charge on any atom is 0.415 e. The Kier molecular flexibility index (Phi) is 6.85. The fourth-order valence-corrected chi connectivity index (χ4v) is 4.91. The number of hydrogen-bond donors (Lipinski definition) is 0. The van der Waals surface area contributed by atoms with Gasteiger partial charge in [-0.25, -0.2) is 4.79 Å². The minimum atomic E-state index is -0.339. The average molecular weight is 494 g/mol. The number of methoxy groups -OCH3 is 1. The Morgan fingerprint density at radius 3 is 2.47 bits per heavy atom. The molecule has 0 saturated heterocycles. The molecule has 4 rings (SSSR count). The van der Waals surface area contributed by atoms with Crippen LogP contribution in [0.5, 0.6) is 5.75 Å². The molecular formula is C27H28BrNO3. The van der Waals surface area contributed by atoms with Crippen LogP contribution in [0, 0.1) is 0 Å². The molecule has 0 spiro atoms. The summed E-state index contributed by atoms with van der Waals surface area (Å²) >= 11 is 3.76. The average Bonchev–Trinajstić information content (AvgIpc) is 2.82. The van der Waals surface area contributed by atoms with Crippen molar-refractivity contribution >= 4 is 27.7 Å². The number of carbonyl (C=O) groups excluding carboxylic acids is 1. The lowest BCUT2D eigenvalue weighted by Crippen LogP contribution is -2.39. The highest BCUT2D eigenvalue weighted by molar-refractivity contribution is 9.10. The molecule has 0 aliphatic carbocycles. The third-order valence-corrected chi connectivity index (χ3v) is 6.58. The van der Waals surface area contributed by atoms with E-state index in [9.17, 15) is 4.79 Å². The van der Waals surface area contributed by atoms with Crippen LogP contribution in [0.15, 0.2) is 71.2 Å². The maximum atomic E-state index is 13.5. The topological polar surface area (TPSA) is 38.8 Å². The minimum Gasteiger partial charge on any atom is -0.497 e. The van der Waals surface area contributed by atoms with Gasteiger partial charge in [0.2, 0.25) is 0 Å². The van der Waals surface area contributed by atoms with Gasteiger partial charge in [-0.15, -0.1) is 0 Å². The molecule has 1 aliphatic rings. The molecule has 1 aliphatic heterocycles. The van der Waals surface area contributed by atoms with Crippen LogP contribution in [0.1, 0.15) is 54.5 Å². The Morgan fingerprint density at radius 1 is 1.09 bits per heavy atom. The molecule has 0 saturated carbocycles. The Balaban J connectivity index is 1.71. The summed E-state index contributed by atoms with van der Waals surface area (Å²) in [6, 6.07) is 22.0. The first kappa shape index (κ1) is 22.4. The zero-order valence-electron chi connectivity index (χ0n) is 18.7. The lowest BCUT2D eigenvalue weighted by atomic mass is 9.89. The number of rotatable bonds is 5. The fourth-order valence-electron chi connectivity index (χ4n) is 4.20. The molecule has 1 atom stereocenters. The van der Waals surface area contributed by atoms with Gasteiger partial charge < -0.3 is 9.47 Å². The van der Waals surface area contributed by atoms with Crippen LogP contribution in [-0.2, 0) is 17.8 Å². The summed E-state index contributed by atoms with van der Waals surface area (Å²) in [7, 11) is 1.66. The number of amides is 1. The van der Waals surface area contributed by atoms with Gasteiger partial charge >= 0.3 is 6.09 Å². The van der Waals surface area contributed by atoms with Crippen LogP contribution in [0.2, 0.25) is 0 Å². The van der Waals surface area contributed by atoms with Gasteiger partial charge in [0.05, 0.1) is 18.8 Å².